The number of carbonyl (C=O) groups excluding carboxylic acids is 2. The van der Waals surface area contributed by atoms with Crippen molar-refractivity contribution >= 4 is 11.9 Å². The van der Waals surface area contributed by atoms with Crippen molar-refractivity contribution in [3.8, 4) is 0 Å². The van der Waals surface area contributed by atoms with Gasteiger partial charge in [-0.15, -0.1) is 0 Å². The van der Waals surface area contributed by atoms with Crippen LogP contribution in [0.4, 0.5) is 0 Å². The highest BCUT2D eigenvalue weighted by Crippen LogP contribution is 2.17. The molecule has 5 heteroatoms. The summed E-state index contributed by atoms with van der Waals surface area (Å²) in [7, 11) is 0. The summed E-state index contributed by atoms with van der Waals surface area (Å²) in [5, 5.41) is 9.62. The Hall–Kier alpha value is -1.10. The number of hydrogen-bond donors (Lipinski definition) is 1. The Balaban J connectivity index is 3.42. The van der Waals surface area contributed by atoms with E-state index < -0.39 is 6.10 Å². The molecule has 0 saturated carbocycles. The SMILES string of the molecule is CCCCCCCCCCCCCCCCCCCCCCCCC(=O)O[C@@H](CO)COC(=O)CCCCCCCCCCCCCCCCCCCCCC. The van der Waals surface area contributed by atoms with Crippen LogP contribution in [0.3, 0.4) is 0 Å². The van der Waals surface area contributed by atoms with Gasteiger partial charge in [-0.3, -0.25) is 9.59 Å². The number of hydrogen-bond acceptors (Lipinski definition) is 5. The molecule has 0 aromatic heterocycles. The van der Waals surface area contributed by atoms with Crippen molar-refractivity contribution in [2.75, 3.05) is 13.2 Å². The number of esters is 2. The van der Waals surface area contributed by atoms with Gasteiger partial charge in [0, 0.05) is 12.8 Å². The number of aliphatic hydroxyl groups excluding tert-OH is 1. The van der Waals surface area contributed by atoms with Gasteiger partial charge in [0.25, 0.3) is 0 Å². The van der Waals surface area contributed by atoms with Crippen LogP contribution in [0, 0.1) is 0 Å². The monoisotopic (exact) mass is 793 g/mol. The number of rotatable bonds is 48. The molecule has 334 valence electrons. The fourth-order valence-electron chi connectivity index (χ4n) is 8.03. The smallest absolute Gasteiger partial charge is 0.306 e. The first-order chi connectivity index (χ1) is 27.6. The van der Waals surface area contributed by atoms with Gasteiger partial charge in [-0.05, 0) is 12.8 Å². The van der Waals surface area contributed by atoms with Crippen molar-refractivity contribution in [2.45, 2.75) is 302 Å². The van der Waals surface area contributed by atoms with Crippen LogP contribution in [0.15, 0.2) is 0 Å². The minimum atomic E-state index is -0.763. The molecule has 1 N–H and O–H groups in total. The predicted molar refractivity (Wildman–Crippen MR) is 242 cm³/mol. The molecule has 0 aromatic rings. The van der Waals surface area contributed by atoms with Crippen LogP contribution in [0.25, 0.3) is 0 Å². The summed E-state index contributed by atoms with van der Waals surface area (Å²) in [5.74, 6) is -0.566. The van der Waals surface area contributed by atoms with Crippen molar-refractivity contribution in [2.24, 2.45) is 0 Å². The highest BCUT2D eigenvalue weighted by Gasteiger charge is 2.16. The lowest BCUT2D eigenvalue weighted by Gasteiger charge is -2.15. The summed E-state index contributed by atoms with van der Waals surface area (Å²) in [6.07, 6.45) is 56.3. The van der Waals surface area contributed by atoms with Crippen LogP contribution in [0.2, 0.25) is 0 Å². The Kier molecular flexibility index (Phi) is 47.3. The van der Waals surface area contributed by atoms with E-state index >= 15 is 0 Å². The average Bonchev–Trinajstić information content (AvgIpc) is 3.20. The van der Waals surface area contributed by atoms with Gasteiger partial charge in [-0.1, -0.05) is 271 Å². The van der Waals surface area contributed by atoms with Gasteiger partial charge >= 0.3 is 11.9 Å². The quantitative estimate of drug-likeness (QED) is 0.0491. The lowest BCUT2D eigenvalue weighted by Crippen LogP contribution is -2.28. The molecule has 0 amide bonds. The maximum absolute atomic E-state index is 12.3. The standard InChI is InChI=1S/C51H100O5/c1-3-5-7-9-11-13-15-17-19-21-23-25-26-28-30-32-34-36-38-40-42-44-46-51(54)56-49(47-52)48-55-50(53)45-43-41-39-37-35-33-31-29-27-24-22-20-18-16-14-12-10-8-6-4-2/h49,52H,3-48H2,1-2H3/t49-/m0/s1. The third-order valence-corrected chi connectivity index (χ3v) is 11.9. The predicted octanol–water partition coefficient (Wildman–Crippen LogP) is 16.6. The van der Waals surface area contributed by atoms with Gasteiger partial charge in [-0.2, -0.15) is 0 Å². The maximum Gasteiger partial charge on any atom is 0.306 e. The minimum absolute atomic E-state index is 0.0559. The molecule has 0 fully saturated rings. The molecule has 0 saturated heterocycles. The van der Waals surface area contributed by atoms with Crippen LogP contribution < -0.4 is 0 Å². The maximum atomic E-state index is 12.3. The molecular formula is C51H100O5. The molecule has 56 heavy (non-hydrogen) atoms. The van der Waals surface area contributed by atoms with Gasteiger partial charge in [-0.25, -0.2) is 0 Å². The molecule has 0 aliphatic heterocycles. The zero-order valence-electron chi connectivity index (χ0n) is 38.2. The fraction of sp³-hybridized carbons (Fsp3) is 0.961. The summed E-state index contributed by atoms with van der Waals surface area (Å²) in [5.41, 5.74) is 0. The zero-order chi connectivity index (χ0) is 40.7. The molecule has 0 aliphatic carbocycles. The van der Waals surface area contributed by atoms with E-state index in [0.717, 1.165) is 32.1 Å². The van der Waals surface area contributed by atoms with E-state index in [1.54, 1.807) is 0 Å². The Morgan fingerprint density at radius 2 is 0.554 bits per heavy atom. The average molecular weight is 793 g/mol. The normalized spacial score (nSPS) is 12.0. The van der Waals surface area contributed by atoms with Crippen molar-refractivity contribution in [3.63, 3.8) is 0 Å². The second kappa shape index (κ2) is 48.3. The van der Waals surface area contributed by atoms with Crippen LogP contribution in [0.5, 0.6) is 0 Å². The fourth-order valence-corrected chi connectivity index (χ4v) is 8.03. The molecule has 1 atom stereocenters. The first-order valence-corrected chi connectivity index (χ1v) is 25.6. The van der Waals surface area contributed by atoms with Gasteiger partial charge in [0.2, 0.25) is 0 Å². The van der Waals surface area contributed by atoms with Gasteiger partial charge in [0.1, 0.15) is 6.61 Å². The van der Waals surface area contributed by atoms with E-state index in [1.807, 2.05) is 0 Å². The summed E-state index contributed by atoms with van der Waals surface area (Å²) in [6, 6.07) is 0. The number of carbonyl (C=O) groups is 2. The van der Waals surface area contributed by atoms with E-state index in [-0.39, 0.29) is 25.2 Å². The van der Waals surface area contributed by atoms with Gasteiger partial charge in [0.15, 0.2) is 6.10 Å². The van der Waals surface area contributed by atoms with E-state index in [9.17, 15) is 14.7 Å². The number of aliphatic hydroxyl groups is 1. The van der Waals surface area contributed by atoms with E-state index in [4.69, 9.17) is 9.47 Å². The molecule has 0 aliphatic rings. The zero-order valence-corrected chi connectivity index (χ0v) is 38.2. The summed E-state index contributed by atoms with van der Waals surface area (Å²) in [6.45, 7) is 4.20. The third-order valence-electron chi connectivity index (χ3n) is 11.9. The first-order valence-electron chi connectivity index (χ1n) is 25.6. The van der Waals surface area contributed by atoms with Crippen LogP contribution >= 0.6 is 0 Å². The first kappa shape index (κ1) is 54.9. The summed E-state index contributed by atoms with van der Waals surface area (Å²) in [4.78, 5) is 24.4. The van der Waals surface area contributed by atoms with Crippen molar-refractivity contribution in [1.29, 1.82) is 0 Å². The molecule has 0 aromatic carbocycles. The van der Waals surface area contributed by atoms with Crippen molar-refractivity contribution in [1.82, 2.24) is 0 Å². The van der Waals surface area contributed by atoms with E-state index in [1.165, 1.54) is 238 Å². The highest BCUT2D eigenvalue weighted by atomic mass is 16.6. The second-order valence-corrected chi connectivity index (χ2v) is 17.6. The van der Waals surface area contributed by atoms with Crippen molar-refractivity contribution < 1.29 is 24.2 Å². The number of ether oxygens (including phenoxy) is 2. The van der Waals surface area contributed by atoms with E-state index in [0.29, 0.717) is 12.8 Å². The Morgan fingerprint density at radius 3 is 0.786 bits per heavy atom. The van der Waals surface area contributed by atoms with Crippen LogP contribution in [-0.2, 0) is 19.1 Å². The molecule has 0 spiro atoms. The van der Waals surface area contributed by atoms with Crippen LogP contribution in [0.1, 0.15) is 296 Å². The minimum Gasteiger partial charge on any atom is -0.462 e. The molecule has 0 radical (unpaired) electrons. The summed E-state index contributed by atoms with van der Waals surface area (Å²) < 4.78 is 10.7. The Labute approximate surface area is 350 Å². The van der Waals surface area contributed by atoms with Crippen molar-refractivity contribution in [3.05, 3.63) is 0 Å². The van der Waals surface area contributed by atoms with Gasteiger partial charge in [0.05, 0.1) is 6.61 Å². The molecule has 0 rings (SSSR count). The second-order valence-electron chi connectivity index (χ2n) is 17.6. The topological polar surface area (TPSA) is 72.8 Å². The highest BCUT2D eigenvalue weighted by molar-refractivity contribution is 5.70. The molecule has 0 unspecified atom stereocenters. The number of unbranched alkanes of at least 4 members (excludes halogenated alkanes) is 40. The largest absolute Gasteiger partial charge is 0.462 e. The molecule has 5 nitrogen and oxygen atoms in total. The van der Waals surface area contributed by atoms with Crippen LogP contribution in [-0.4, -0.2) is 36.4 Å². The summed E-state index contributed by atoms with van der Waals surface area (Å²) >= 11 is 0. The molecule has 0 heterocycles. The third kappa shape index (κ3) is 45.6. The molecule has 0 bridgehead atoms. The lowest BCUT2D eigenvalue weighted by molar-refractivity contribution is -0.161. The Bertz CT molecular complexity index is 769. The molecular weight excluding hydrogens is 693 g/mol. The van der Waals surface area contributed by atoms with Gasteiger partial charge < -0.3 is 14.6 Å². The lowest BCUT2D eigenvalue weighted by atomic mass is 10.0. The van der Waals surface area contributed by atoms with E-state index in [2.05, 4.69) is 13.8 Å². The Morgan fingerprint density at radius 1 is 0.339 bits per heavy atom.